The predicted octanol–water partition coefficient (Wildman–Crippen LogP) is 4.32. The molecule has 0 aromatic carbocycles. The summed E-state index contributed by atoms with van der Waals surface area (Å²) in [6, 6.07) is 2.01. The van der Waals surface area contributed by atoms with Gasteiger partial charge < -0.3 is 0 Å². The third-order valence-electron chi connectivity index (χ3n) is 1.84. The van der Waals surface area contributed by atoms with Gasteiger partial charge in [0.05, 0.1) is 0 Å². The molecule has 0 aliphatic heterocycles. The number of nitrogens with zero attached hydrogens (tertiary/aromatic N) is 1. The van der Waals surface area contributed by atoms with Gasteiger partial charge in [-0.3, -0.25) is 4.98 Å². The zero-order chi connectivity index (χ0) is 14.8. The lowest BCUT2D eigenvalue weighted by Crippen LogP contribution is -2.23. The second-order valence-electron chi connectivity index (χ2n) is 2.75. The molecule has 18 heavy (non-hydrogen) atoms. The number of aromatic nitrogens is 1. The average Bonchev–Trinajstić information content (AvgIpc) is 2.51. The highest BCUT2D eigenvalue weighted by atomic mass is 14.6. The third kappa shape index (κ3) is 12.7. The minimum absolute atomic E-state index is 1.20. The predicted molar refractivity (Wildman–Crippen MR) is 86.9 cm³/mol. The maximum Gasteiger partial charge on any atom is 0.0342 e. The first-order chi connectivity index (χ1) is 8.79. The van der Waals surface area contributed by atoms with Crippen LogP contribution in [0.15, 0.2) is 30.6 Å². The second-order valence-corrected chi connectivity index (χ2v) is 2.75. The fraction of sp³-hybridized carbons (Fsp3) is 0.471. The van der Waals surface area contributed by atoms with E-state index in [0.717, 1.165) is 0 Å². The van der Waals surface area contributed by atoms with Crippen LogP contribution in [0.1, 0.15) is 55.4 Å². The van der Waals surface area contributed by atoms with E-state index in [1.807, 2.05) is 86.0 Å². The molecule has 0 bridgehead atoms. The molecule has 0 N–H and O–H groups in total. The van der Waals surface area contributed by atoms with Crippen LogP contribution >= 0.6 is 0 Å². The van der Waals surface area contributed by atoms with Gasteiger partial charge in [0.25, 0.3) is 0 Å². The number of rotatable bonds is 0. The molecular formula is C17H31N. The minimum atomic E-state index is 1.20. The van der Waals surface area contributed by atoms with E-state index in [9.17, 15) is 0 Å². The molecule has 0 saturated heterocycles. The summed E-state index contributed by atoms with van der Waals surface area (Å²) in [7, 11) is 0. The van der Waals surface area contributed by atoms with Crippen molar-refractivity contribution in [3.05, 3.63) is 41.0 Å². The van der Waals surface area contributed by atoms with Crippen LogP contribution in [0, 0.1) is 0 Å². The van der Waals surface area contributed by atoms with Gasteiger partial charge in [0.1, 0.15) is 0 Å². The first kappa shape index (κ1) is 21.9. The molecule has 104 valence electrons. The van der Waals surface area contributed by atoms with Crippen molar-refractivity contribution in [2.24, 2.45) is 0 Å². The van der Waals surface area contributed by atoms with Gasteiger partial charge in [-0.1, -0.05) is 52.0 Å². The SMILES string of the molecule is C/C=C\C.C/C=c1/ccnc/c1=C/C.CC.CC. The lowest BCUT2D eigenvalue weighted by Gasteiger charge is -1.84. The highest BCUT2D eigenvalue weighted by Crippen LogP contribution is 1.64. The van der Waals surface area contributed by atoms with Gasteiger partial charge in [-0.05, 0) is 44.2 Å². The molecule has 1 heterocycles. The maximum atomic E-state index is 4.01. The van der Waals surface area contributed by atoms with Crippen LogP contribution in [0.3, 0.4) is 0 Å². The third-order valence-corrected chi connectivity index (χ3v) is 1.84. The van der Waals surface area contributed by atoms with Crippen LogP contribution in [-0.2, 0) is 0 Å². The molecule has 1 heteroatoms. The first-order valence-corrected chi connectivity index (χ1v) is 6.90. The molecule has 0 atom stereocenters. The molecule has 0 spiro atoms. The summed E-state index contributed by atoms with van der Waals surface area (Å²) in [6.07, 6.45) is 11.8. The van der Waals surface area contributed by atoms with Crippen molar-refractivity contribution >= 4 is 12.2 Å². The molecule has 1 aromatic rings. The maximum absolute atomic E-state index is 4.01. The van der Waals surface area contributed by atoms with E-state index >= 15 is 0 Å². The van der Waals surface area contributed by atoms with Crippen LogP contribution in [0.25, 0.3) is 12.2 Å². The zero-order valence-electron chi connectivity index (χ0n) is 13.5. The molecule has 0 aliphatic rings. The van der Waals surface area contributed by atoms with Crippen molar-refractivity contribution in [3.8, 4) is 0 Å². The van der Waals surface area contributed by atoms with E-state index in [2.05, 4.69) is 17.1 Å². The molecular weight excluding hydrogens is 218 g/mol. The summed E-state index contributed by atoms with van der Waals surface area (Å²) in [6.45, 7) is 16.0. The fourth-order valence-electron chi connectivity index (χ4n) is 0.922. The van der Waals surface area contributed by atoms with E-state index in [-0.39, 0.29) is 0 Å². The molecule has 0 amide bonds. The zero-order valence-corrected chi connectivity index (χ0v) is 13.5. The number of pyridine rings is 1. The topological polar surface area (TPSA) is 12.9 Å². The van der Waals surface area contributed by atoms with Crippen molar-refractivity contribution in [1.82, 2.24) is 4.98 Å². The Balaban J connectivity index is -0.000000238. The Morgan fingerprint density at radius 1 is 0.778 bits per heavy atom. The molecule has 0 fully saturated rings. The Bertz CT molecular complexity index is 338. The van der Waals surface area contributed by atoms with Crippen molar-refractivity contribution < 1.29 is 0 Å². The Morgan fingerprint density at radius 2 is 1.22 bits per heavy atom. The summed E-state index contributed by atoms with van der Waals surface area (Å²) >= 11 is 0. The summed E-state index contributed by atoms with van der Waals surface area (Å²) in [4.78, 5) is 4.01. The van der Waals surface area contributed by atoms with Crippen LogP contribution in [-0.4, -0.2) is 4.98 Å². The van der Waals surface area contributed by atoms with Gasteiger partial charge in [-0.25, -0.2) is 0 Å². The number of allylic oxidation sites excluding steroid dienone is 2. The van der Waals surface area contributed by atoms with E-state index in [0.29, 0.717) is 0 Å². The van der Waals surface area contributed by atoms with Gasteiger partial charge >= 0.3 is 0 Å². The van der Waals surface area contributed by atoms with E-state index in [1.54, 1.807) is 0 Å². The molecule has 0 aliphatic carbocycles. The normalized spacial score (nSPS) is 10.7. The summed E-state index contributed by atoms with van der Waals surface area (Å²) in [5.41, 5.74) is 0. The van der Waals surface area contributed by atoms with E-state index in [4.69, 9.17) is 0 Å². The minimum Gasteiger partial charge on any atom is -0.264 e. The van der Waals surface area contributed by atoms with Gasteiger partial charge in [-0.2, -0.15) is 0 Å². The largest absolute Gasteiger partial charge is 0.264 e. The van der Waals surface area contributed by atoms with Crippen molar-refractivity contribution in [1.29, 1.82) is 0 Å². The quantitative estimate of drug-likeness (QED) is 0.624. The van der Waals surface area contributed by atoms with Crippen LogP contribution in [0.2, 0.25) is 0 Å². The van der Waals surface area contributed by atoms with Crippen LogP contribution in [0.4, 0.5) is 0 Å². The molecule has 1 rings (SSSR count). The molecule has 0 saturated carbocycles. The standard InChI is InChI=1S/C9H11N.C4H8.2C2H6/c1-3-8-5-6-10-7-9(8)4-2;1-3-4-2;2*1-2/h3-7H,1-2H3;3-4H,1-2H3;2*1-2H3/b8-3-,9-4-;4-3-;;. The second kappa shape index (κ2) is 21.0. The summed E-state index contributed by atoms with van der Waals surface area (Å²) in [5.74, 6) is 0. The first-order valence-electron chi connectivity index (χ1n) is 6.90. The lowest BCUT2D eigenvalue weighted by atomic mass is 10.3. The van der Waals surface area contributed by atoms with Crippen molar-refractivity contribution in [3.63, 3.8) is 0 Å². The Labute approximate surface area is 114 Å². The lowest BCUT2D eigenvalue weighted by molar-refractivity contribution is 1.27. The molecule has 1 nitrogen and oxygen atoms in total. The van der Waals surface area contributed by atoms with Gasteiger partial charge in [0, 0.05) is 12.4 Å². The Morgan fingerprint density at radius 3 is 1.50 bits per heavy atom. The Kier molecular flexibility index (Phi) is 25.5. The molecule has 0 radical (unpaired) electrons. The molecule has 0 unspecified atom stereocenters. The van der Waals surface area contributed by atoms with Crippen LogP contribution < -0.4 is 10.4 Å². The monoisotopic (exact) mass is 249 g/mol. The van der Waals surface area contributed by atoms with Gasteiger partial charge in [0.15, 0.2) is 0 Å². The number of hydrogen-bond acceptors (Lipinski definition) is 1. The van der Waals surface area contributed by atoms with Crippen LogP contribution in [0.5, 0.6) is 0 Å². The average molecular weight is 249 g/mol. The molecule has 1 aromatic heterocycles. The van der Waals surface area contributed by atoms with Gasteiger partial charge in [0.2, 0.25) is 0 Å². The van der Waals surface area contributed by atoms with Gasteiger partial charge in [-0.15, -0.1) is 0 Å². The summed E-state index contributed by atoms with van der Waals surface area (Å²) in [5, 5.41) is 2.45. The van der Waals surface area contributed by atoms with E-state index < -0.39 is 0 Å². The fourth-order valence-corrected chi connectivity index (χ4v) is 0.922. The smallest absolute Gasteiger partial charge is 0.0342 e. The number of hydrogen-bond donors (Lipinski definition) is 0. The highest BCUT2D eigenvalue weighted by molar-refractivity contribution is 5.26. The highest BCUT2D eigenvalue weighted by Gasteiger charge is 1.78. The Hall–Kier alpha value is -1.37. The summed E-state index contributed by atoms with van der Waals surface area (Å²) < 4.78 is 0. The van der Waals surface area contributed by atoms with E-state index in [1.165, 1.54) is 10.4 Å². The van der Waals surface area contributed by atoms with Crippen molar-refractivity contribution in [2.75, 3.05) is 0 Å². The van der Waals surface area contributed by atoms with Crippen molar-refractivity contribution in [2.45, 2.75) is 55.4 Å².